The van der Waals surface area contributed by atoms with Gasteiger partial charge in [0, 0.05) is 18.5 Å². The largest absolute Gasteiger partial charge is 0.324 e. The summed E-state index contributed by atoms with van der Waals surface area (Å²) in [7, 11) is 0. The summed E-state index contributed by atoms with van der Waals surface area (Å²) in [6.45, 7) is 1.54. The van der Waals surface area contributed by atoms with Crippen LogP contribution in [-0.2, 0) is 0 Å². The predicted molar refractivity (Wildman–Crippen MR) is 95.1 cm³/mol. The first kappa shape index (κ1) is 14.8. The number of hydrogen-bond acceptors (Lipinski definition) is 2. The number of amides is 2. The average Bonchev–Trinajstić information content (AvgIpc) is 3.06. The number of benzene rings is 2. The molecule has 24 heavy (non-hydrogen) atoms. The average molecular weight is 320 g/mol. The lowest BCUT2D eigenvalue weighted by atomic mass is 9.90. The number of carbonyl (C=O) groups is 1. The van der Waals surface area contributed by atoms with E-state index in [1.54, 1.807) is 0 Å². The van der Waals surface area contributed by atoms with Gasteiger partial charge in [-0.25, -0.2) is 4.79 Å². The fourth-order valence-corrected chi connectivity index (χ4v) is 3.38. The quantitative estimate of drug-likeness (QED) is 0.750. The molecule has 2 amide bonds. The Morgan fingerprint density at radius 3 is 2.54 bits per heavy atom. The molecule has 0 unspecified atom stereocenters. The number of aromatic amines is 1. The zero-order valence-corrected chi connectivity index (χ0v) is 13.4. The number of nitrogens with zero attached hydrogens (tertiary/aromatic N) is 2. The molecule has 4 rings (SSSR count). The Morgan fingerprint density at radius 2 is 1.75 bits per heavy atom. The van der Waals surface area contributed by atoms with Crippen LogP contribution < -0.4 is 5.32 Å². The van der Waals surface area contributed by atoms with Crippen LogP contribution in [0.5, 0.6) is 0 Å². The first-order valence-electron chi connectivity index (χ1n) is 8.35. The van der Waals surface area contributed by atoms with Crippen molar-refractivity contribution in [1.82, 2.24) is 15.1 Å². The van der Waals surface area contributed by atoms with Crippen molar-refractivity contribution < 1.29 is 4.79 Å². The molecule has 0 spiro atoms. The number of H-pyrrole nitrogens is 1. The molecule has 1 aliphatic rings. The van der Waals surface area contributed by atoms with E-state index >= 15 is 0 Å². The van der Waals surface area contributed by atoms with Crippen molar-refractivity contribution >= 4 is 22.8 Å². The Bertz CT molecular complexity index is 835. The monoisotopic (exact) mass is 320 g/mol. The Morgan fingerprint density at radius 1 is 1.04 bits per heavy atom. The van der Waals surface area contributed by atoms with E-state index in [2.05, 4.69) is 39.8 Å². The second-order valence-electron chi connectivity index (χ2n) is 6.22. The molecule has 1 aromatic heterocycles. The SMILES string of the molecule is O=C(Nc1n[nH]c2ccccc12)N1CCC(c2ccccc2)CC1. The van der Waals surface area contributed by atoms with Gasteiger partial charge in [-0.15, -0.1) is 0 Å². The van der Waals surface area contributed by atoms with E-state index in [1.807, 2.05) is 35.2 Å². The Labute approximate surface area is 140 Å². The second-order valence-corrected chi connectivity index (χ2v) is 6.22. The Kier molecular flexibility index (Phi) is 3.91. The summed E-state index contributed by atoms with van der Waals surface area (Å²) in [5, 5.41) is 11.0. The lowest BCUT2D eigenvalue weighted by molar-refractivity contribution is 0.194. The molecule has 0 bridgehead atoms. The van der Waals surface area contributed by atoms with Crippen LogP contribution in [0.1, 0.15) is 24.3 Å². The van der Waals surface area contributed by atoms with E-state index in [0.717, 1.165) is 36.8 Å². The van der Waals surface area contributed by atoms with Crippen LogP contribution in [0, 0.1) is 0 Å². The molecule has 122 valence electrons. The van der Waals surface area contributed by atoms with Crippen LogP contribution in [-0.4, -0.2) is 34.2 Å². The van der Waals surface area contributed by atoms with Gasteiger partial charge in [-0.05, 0) is 36.5 Å². The molecule has 2 aromatic carbocycles. The molecule has 5 heteroatoms. The number of nitrogens with one attached hydrogen (secondary N) is 2. The number of carbonyl (C=O) groups excluding carboxylic acids is 1. The third kappa shape index (κ3) is 2.85. The van der Waals surface area contributed by atoms with Gasteiger partial charge in [0.1, 0.15) is 0 Å². The fraction of sp³-hybridized carbons (Fsp3) is 0.263. The molecule has 3 aromatic rings. The van der Waals surface area contributed by atoms with Crippen LogP contribution in [0.15, 0.2) is 54.6 Å². The van der Waals surface area contributed by atoms with Gasteiger partial charge in [-0.2, -0.15) is 5.10 Å². The van der Waals surface area contributed by atoms with Gasteiger partial charge in [0.05, 0.1) is 5.52 Å². The molecule has 2 N–H and O–H groups in total. The van der Waals surface area contributed by atoms with Gasteiger partial charge < -0.3 is 4.90 Å². The number of rotatable bonds is 2. The molecule has 0 saturated carbocycles. The Hall–Kier alpha value is -2.82. The summed E-state index contributed by atoms with van der Waals surface area (Å²) in [5.41, 5.74) is 2.30. The van der Waals surface area contributed by atoms with Gasteiger partial charge in [0.2, 0.25) is 0 Å². The molecule has 0 radical (unpaired) electrons. The van der Waals surface area contributed by atoms with Crippen molar-refractivity contribution in [1.29, 1.82) is 0 Å². The smallest absolute Gasteiger partial charge is 0.323 e. The minimum atomic E-state index is -0.0706. The van der Waals surface area contributed by atoms with Crippen molar-refractivity contribution in [2.24, 2.45) is 0 Å². The highest BCUT2D eigenvalue weighted by molar-refractivity contribution is 5.98. The van der Waals surface area contributed by atoms with Crippen LogP contribution in [0.4, 0.5) is 10.6 Å². The normalized spacial score (nSPS) is 15.6. The standard InChI is InChI=1S/C19H20N4O/c24-19(20-18-16-8-4-5-9-17(16)21-22-18)23-12-10-15(11-13-23)14-6-2-1-3-7-14/h1-9,15H,10-13H2,(H2,20,21,22,24). The van der Waals surface area contributed by atoms with E-state index in [0.29, 0.717) is 11.7 Å². The first-order valence-corrected chi connectivity index (χ1v) is 8.35. The van der Waals surface area contributed by atoms with E-state index in [1.165, 1.54) is 5.56 Å². The molecule has 1 saturated heterocycles. The van der Waals surface area contributed by atoms with Gasteiger partial charge >= 0.3 is 6.03 Å². The van der Waals surface area contributed by atoms with Crippen LogP contribution in [0.2, 0.25) is 0 Å². The third-order valence-electron chi connectivity index (χ3n) is 4.75. The van der Waals surface area contributed by atoms with E-state index in [9.17, 15) is 4.79 Å². The summed E-state index contributed by atoms with van der Waals surface area (Å²) in [6.07, 6.45) is 2.00. The summed E-state index contributed by atoms with van der Waals surface area (Å²) < 4.78 is 0. The zero-order valence-electron chi connectivity index (χ0n) is 13.4. The first-order chi connectivity index (χ1) is 11.8. The van der Waals surface area contributed by atoms with Crippen LogP contribution in [0.25, 0.3) is 10.9 Å². The molecule has 1 fully saturated rings. The number of para-hydroxylation sites is 1. The number of anilines is 1. The molecular formula is C19H20N4O. The van der Waals surface area contributed by atoms with Crippen molar-refractivity contribution in [3.8, 4) is 0 Å². The summed E-state index contributed by atoms with van der Waals surface area (Å²) >= 11 is 0. The van der Waals surface area contributed by atoms with Crippen molar-refractivity contribution in [2.75, 3.05) is 18.4 Å². The maximum Gasteiger partial charge on any atom is 0.323 e. The Balaban J connectivity index is 1.40. The van der Waals surface area contributed by atoms with Gasteiger partial charge in [-0.3, -0.25) is 10.4 Å². The number of likely N-dealkylation sites (tertiary alicyclic amines) is 1. The summed E-state index contributed by atoms with van der Waals surface area (Å²) in [6, 6.07) is 18.3. The van der Waals surface area contributed by atoms with E-state index in [-0.39, 0.29) is 6.03 Å². The van der Waals surface area contributed by atoms with Gasteiger partial charge in [-0.1, -0.05) is 42.5 Å². The molecule has 2 heterocycles. The lowest BCUT2D eigenvalue weighted by Gasteiger charge is -2.32. The minimum Gasteiger partial charge on any atom is -0.324 e. The second kappa shape index (κ2) is 6.35. The zero-order chi connectivity index (χ0) is 16.4. The molecule has 5 nitrogen and oxygen atoms in total. The molecular weight excluding hydrogens is 300 g/mol. The minimum absolute atomic E-state index is 0.0706. The number of urea groups is 1. The van der Waals surface area contributed by atoms with Crippen LogP contribution in [0.3, 0.4) is 0 Å². The number of hydrogen-bond donors (Lipinski definition) is 2. The third-order valence-corrected chi connectivity index (χ3v) is 4.75. The highest BCUT2D eigenvalue weighted by atomic mass is 16.2. The fourth-order valence-electron chi connectivity index (χ4n) is 3.38. The van der Waals surface area contributed by atoms with Gasteiger partial charge in [0.25, 0.3) is 0 Å². The highest BCUT2D eigenvalue weighted by Crippen LogP contribution is 2.28. The van der Waals surface area contributed by atoms with E-state index < -0.39 is 0 Å². The number of aromatic nitrogens is 2. The highest BCUT2D eigenvalue weighted by Gasteiger charge is 2.24. The van der Waals surface area contributed by atoms with Crippen molar-refractivity contribution in [2.45, 2.75) is 18.8 Å². The van der Waals surface area contributed by atoms with E-state index in [4.69, 9.17) is 0 Å². The van der Waals surface area contributed by atoms with Crippen molar-refractivity contribution in [3.05, 3.63) is 60.2 Å². The number of piperidine rings is 1. The topological polar surface area (TPSA) is 61.0 Å². The maximum atomic E-state index is 12.5. The molecule has 0 aliphatic carbocycles. The maximum absolute atomic E-state index is 12.5. The number of fused-ring (bicyclic) bond motifs is 1. The predicted octanol–water partition coefficient (Wildman–Crippen LogP) is 3.97. The molecule has 0 atom stereocenters. The van der Waals surface area contributed by atoms with Gasteiger partial charge in [0.15, 0.2) is 5.82 Å². The van der Waals surface area contributed by atoms with Crippen molar-refractivity contribution in [3.63, 3.8) is 0 Å². The van der Waals surface area contributed by atoms with Crippen LogP contribution >= 0.6 is 0 Å². The lowest BCUT2D eigenvalue weighted by Crippen LogP contribution is -2.40. The molecule has 1 aliphatic heterocycles. The summed E-state index contributed by atoms with van der Waals surface area (Å²) in [4.78, 5) is 14.4. The summed E-state index contributed by atoms with van der Waals surface area (Å²) in [5.74, 6) is 1.14.